The van der Waals surface area contributed by atoms with Gasteiger partial charge in [0.25, 0.3) is 0 Å². The fraction of sp³-hybridized carbons (Fsp3) is 0.643. The van der Waals surface area contributed by atoms with E-state index in [1.807, 2.05) is 12.1 Å². The van der Waals surface area contributed by atoms with Crippen molar-refractivity contribution in [2.45, 2.75) is 51.0 Å². The number of amides is 1. The van der Waals surface area contributed by atoms with Gasteiger partial charge in [-0.25, -0.2) is 0 Å². The Morgan fingerprint density at radius 2 is 1.68 bits per heavy atom. The van der Waals surface area contributed by atoms with Crippen molar-refractivity contribution in [2.75, 3.05) is 10.6 Å². The smallest absolute Gasteiger partial charge is 0.228 e. The fourth-order valence-electron chi connectivity index (χ4n) is 2.51. The van der Waals surface area contributed by atoms with Crippen LogP contribution in [0.4, 0.5) is 11.6 Å². The first kappa shape index (κ1) is 12.4. The van der Waals surface area contributed by atoms with Crippen molar-refractivity contribution in [3.63, 3.8) is 0 Å². The molecule has 2 saturated carbocycles. The van der Waals surface area contributed by atoms with Crippen molar-refractivity contribution in [1.82, 2.24) is 10.2 Å². The zero-order valence-corrected chi connectivity index (χ0v) is 11.1. The van der Waals surface area contributed by atoms with Crippen molar-refractivity contribution in [1.29, 1.82) is 0 Å². The molecule has 0 saturated heterocycles. The zero-order valence-electron chi connectivity index (χ0n) is 11.1. The van der Waals surface area contributed by atoms with Gasteiger partial charge in [0.1, 0.15) is 5.82 Å². The first-order valence-corrected chi connectivity index (χ1v) is 7.22. The van der Waals surface area contributed by atoms with E-state index in [4.69, 9.17) is 0 Å². The lowest BCUT2D eigenvalue weighted by molar-refractivity contribution is -0.117. The number of hydrogen-bond donors (Lipinski definition) is 2. The summed E-state index contributed by atoms with van der Waals surface area (Å²) < 4.78 is 0. The average Bonchev–Trinajstić information content (AvgIpc) is 3.27. The summed E-state index contributed by atoms with van der Waals surface area (Å²) in [6.07, 6.45) is 8.35. The second-order valence-electron chi connectivity index (χ2n) is 5.55. The van der Waals surface area contributed by atoms with Crippen molar-refractivity contribution in [3.8, 4) is 0 Å². The molecule has 0 bridgehead atoms. The minimum Gasteiger partial charge on any atom is -0.366 e. The molecular weight excluding hydrogens is 240 g/mol. The van der Waals surface area contributed by atoms with Crippen LogP contribution in [0.2, 0.25) is 0 Å². The van der Waals surface area contributed by atoms with E-state index in [1.54, 1.807) is 0 Å². The van der Waals surface area contributed by atoms with Gasteiger partial charge >= 0.3 is 0 Å². The molecule has 5 nitrogen and oxygen atoms in total. The largest absolute Gasteiger partial charge is 0.366 e. The lowest BCUT2D eigenvalue weighted by Gasteiger charge is -2.22. The van der Waals surface area contributed by atoms with Crippen molar-refractivity contribution in [2.24, 2.45) is 5.92 Å². The minimum absolute atomic E-state index is 0.0716. The van der Waals surface area contributed by atoms with Gasteiger partial charge < -0.3 is 10.6 Å². The Labute approximate surface area is 113 Å². The molecule has 0 aromatic carbocycles. The SMILES string of the molecule is O=C(Nc1ccc(NC2CCCCC2)nn1)C1CC1. The molecule has 5 heteroatoms. The predicted octanol–water partition coefficient (Wildman–Crippen LogP) is 2.57. The molecule has 2 aliphatic carbocycles. The van der Waals surface area contributed by atoms with Crippen LogP contribution in [0, 0.1) is 5.92 Å². The topological polar surface area (TPSA) is 66.9 Å². The molecule has 3 rings (SSSR count). The second-order valence-corrected chi connectivity index (χ2v) is 5.55. The third-order valence-corrected chi connectivity index (χ3v) is 3.82. The zero-order chi connectivity index (χ0) is 13.1. The average molecular weight is 260 g/mol. The molecule has 0 aliphatic heterocycles. The van der Waals surface area contributed by atoms with Crippen LogP contribution in [0.15, 0.2) is 12.1 Å². The number of rotatable bonds is 4. The van der Waals surface area contributed by atoms with Crippen LogP contribution in [0.1, 0.15) is 44.9 Å². The highest BCUT2D eigenvalue weighted by Crippen LogP contribution is 2.29. The number of anilines is 2. The molecule has 0 spiro atoms. The van der Waals surface area contributed by atoms with Gasteiger partial charge in [-0.05, 0) is 37.8 Å². The quantitative estimate of drug-likeness (QED) is 0.873. The first-order chi connectivity index (χ1) is 9.31. The molecule has 1 aromatic rings. The van der Waals surface area contributed by atoms with Crippen LogP contribution in [-0.2, 0) is 4.79 Å². The van der Waals surface area contributed by atoms with Gasteiger partial charge in [0, 0.05) is 12.0 Å². The Bertz CT molecular complexity index is 435. The maximum Gasteiger partial charge on any atom is 0.228 e. The van der Waals surface area contributed by atoms with E-state index in [9.17, 15) is 4.79 Å². The molecule has 0 atom stereocenters. The van der Waals surface area contributed by atoms with Crippen molar-refractivity contribution >= 4 is 17.5 Å². The normalized spacial score (nSPS) is 20.0. The third-order valence-electron chi connectivity index (χ3n) is 3.82. The van der Waals surface area contributed by atoms with Gasteiger partial charge in [0.05, 0.1) is 0 Å². The molecule has 1 aromatic heterocycles. The highest BCUT2D eigenvalue weighted by atomic mass is 16.2. The van der Waals surface area contributed by atoms with E-state index < -0.39 is 0 Å². The summed E-state index contributed by atoms with van der Waals surface area (Å²) in [4.78, 5) is 11.6. The Morgan fingerprint density at radius 3 is 2.32 bits per heavy atom. The number of carbonyl (C=O) groups is 1. The number of nitrogens with one attached hydrogen (secondary N) is 2. The van der Waals surface area contributed by atoms with Crippen LogP contribution in [0.3, 0.4) is 0 Å². The summed E-state index contributed by atoms with van der Waals surface area (Å²) in [5, 5.41) is 14.4. The number of nitrogens with zero attached hydrogens (tertiary/aromatic N) is 2. The number of carbonyl (C=O) groups excluding carboxylic acids is 1. The number of aromatic nitrogens is 2. The molecule has 1 heterocycles. The van der Waals surface area contributed by atoms with E-state index in [1.165, 1.54) is 32.1 Å². The van der Waals surface area contributed by atoms with Gasteiger partial charge in [0.15, 0.2) is 5.82 Å². The lowest BCUT2D eigenvalue weighted by atomic mass is 9.95. The Balaban J connectivity index is 1.54. The van der Waals surface area contributed by atoms with Crippen LogP contribution >= 0.6 is 0 Å². The molecule has 2 fully saturated rings. The summed E-state index contributed by atoms with van der Waals surface area (Å²) >= 11 is 0. The van der Waals surface area contributed by atoms with Gasteiger partial charge in [-0.3, -0.25) is 4.79 Å². The van der Waals surface area contributed by atoms with Gasteiger partial charge in [0.2, 0.25) is 5.91 Å². The van der Waals surface area contributed by atoms with Crippen molar-refractivity contribution < 1.29 is 4.79 Å². The molecular formula is C14H20N4O. The second kappa shape index (κ2) is 5.55. The summed E-state index contributed by atoms with van der Waals surface area (Å²) in [6, 6.07) is 4.23. The maximum atomic E-state index is 11.6. The van der Waals surface area contributed by atoms with E-state index >= 15 is 0 Å². The molecule has 2 N–H and O–H groups in total. The predicted molar refractivity (Wildman–Crippen MR) is 73.9 cm³/mol. The molecule has 102 valence electrons. The summed E-state index contributed by atoms with van der Waals surface area (Å²) in [7, 11) is 0. The summed E-state index contributed by atoms with van der Waals surface area (Å²) in [6.45, 7) is 0. The third kappa shape index (κ3) is 3.43. The summed E-state index contributed by atoms with van der Waals surface area (Å²) in [5.74, 6) is 1.62. The Kier molecular flexibility index (Phi) is 3.62. The van der Waals surface area contributed by atoms with Gasteiger partial charge in [-0.2, -0.15) is 0 Å². The van der Waals surface area contributed by atoms with Crippen LogP contribution in [0.5, 0.6) is 0 Å². The Morgan fingerprint density at radius 1 is 1.00 bits per heavy atom. The van der Waals surface area contributed by atoms with Crippen LogP contribution < -0.4 is 10.6 Å². The summed E-state index contributed by atoms with van der Waals surface area (Å²) in [5.41, 5.74) is 0. The van der Waals surface area contributed by atoms with E-state index in [2.05, 4.69) is 20.8 Å². The molecule has 1 amide bonds. The monoisotopic (exact) mass is 260 g/mol. The molecule has 0 radical (unpaired) electrons. The van der Waals surface area contributed by atoms with Crippen LogP contribution in [0.25, 0.3) is 0 Å². The molecule has 2 aliphatic rings. The molecule has 19 heavy (non-hydrogen) atoms. The minimum atomic E-state index is 0.0716. The highest BCUT2D eigenvalue weighted by molar-refractivity contribution is 5.93. The van der Waals surface area contributed by atoms with Gasteiger partial charge in [-0.15, -0.1) is 10.2 Å². The van der Waals surface area contributed by atoms with Gasteiger partial charge in [-0.1, -0.05) is 19.3 Å². The van der Waals surface area contributed by atoms with Crippen molar-refractivity contribution in [3.05, 3.63) is 12.1 Å². The fourth-order valence-corrected chi connectivity index (χ4v) is 2.51. The maximum absolute atomic E-state index is 11.6. The highest BCUT2D eigenvalue weighted by Gasteiger charge is 2.29. The van der Waals surface area contributed by atoms with E-state index in [0.717, 1.165) is 18.7 Å². The van der Waals surface area contributed by atoms with E-state index in [-0.39, 0.29) is 11.8 Å². The lowest BCUT2D eigenvalue weighted by Crippen LogP contribution is -2.23. The van der Waals surface area contributed by atoms with E-state index in [0.29, 0.717) is 11.9 Å². The Hall–Kier alpha value is -1.65. The number of hydrogen-bond acceptors (Lipinski definition) is 4. The standard InChI is InChI=1S/C14H20N4O/c19-14(10-6-7-10)16-13-9-8-12(17-18-13)15-11-4-2-1-3-5-11/h8-11H,1-7H2,(H,15,17)(H,16,18,19). The first-order valence-electron chi connectivity index (χ1n) is 7.22. The van der Waals surface area contributed by atoms with Crippen LogP contribution in [-0.4, -0.2) is 22.1 Å². The molecule has 0 unspecified atom stereocenters.